The molecule has 0 spiro atoms. The summed E-state index contributed by atoms with van der Waals surface area (Å²) < 4.78 is 15.0. The predicted octanol–water partition coefficient (Wildman–Crippen LogP) is 5.37. The molecule has 0 radical (unpaired) electrons. The number of hydrogen-bond acceptors (Lipinski definition) is 3. The number of carbonyl (C=O) groups excluding carboxylic acids is 1. The number of aromatic nitrogens is 2. The average Bonchev–Trinajstić information content (AvgIpc) is 3.63. The van der Waals surface area contributed by atoms with Crippen LogP contribution in [0.5, 0.6) is 0 Å². The number of carbonyl (C=O) groups is 1. The van der Waals surface area contributed by atoms with Crippen LogP contribution in [0.2, 0.25) is 0 Å². The second kappa shape index (κ2) is 8.85. The first-order valence-corrected chi connectivity index (χ1v) is 11.7. The molecule has 2 fully saturated rings. The molecule has 5 nitrogen and oxygen atoms in total. The molecule has 3 aromatic rings. The Morgan fingerprint density at radius 2 is 1.78 bits per heavy atom. The van der Waals surface area contributed by atoms with Gasteiger partial charge in [0.25, 0.3) is 5.56 Å². The van der Waals surface area contributed by atoms with Gasteiger partial charge in [-0.15, -0.1) is 0 Å². The Morgan fingerprint density at radius 1 is 1.03 bits per heavy atom. The van der Waals surface area contributed by atoms with Gasteiger partial charge in [0, 0.05) is 18.0 Å². The van der Waals surface area contributed by atoms with E-state index in [9.17, 15) is 14.0 Å². The fourth-order valence-corrected chi connectivity index (χ4v) is 4.76. The van der Waals surface area contributed by atoms with Crippen molar-refractivity contribution in [1.82, 2.24) is 9.55 Å². The van der Waals surface area contributed by atoms with E-state index in [1.807, 2.05) is 12.1 Å². The van der Waals surface area contributed by atoms with Crippen LogP contribution in [0, 0.1) is 11.7 Å². The molecule has 0 atom stereocenters. The van der Waals surface area contributed by atoms with Gasteiger partial charge in [0.05, 0.1) is 17.4 Å². The van der Waals surface area contributed by atoms with E-state index in [2.05, 4.69) is 5.32 Å². The smallest absolute Gasteiger partial charge is 0.261 e. The summed E-state index contributed by atoms with van der Waals surface area (Å²) in [6.45, 7) is 0.353. The van der Waals surface area contributed by atoms with Crippen molar-refractivity contribution in [3.63, 3.8) is 0 Å². The lowest BCUT2D eigenvalue weighted by atomic mass is 9.87. The van der Waals surface area contributed by atoms with Crippen molar-refractivity contribution in [2.75, 3.05) is 5.32 Å². The highest BCUT2D eigenvalue weighted by Crippen LogP contribution is 2.39. The third-order valence-electron chi connectivity index (χ3n) is 6.66. The van der Waals surface area contributed by atoms with Gasteiger partial charge < -0.3 is 5.32 Å². The minimum Gasteiger partial charge on any atom is -0.326 e. The second-order valence-electron chi connectivity index (χ2n) is 9.25. The molecular weight excluding hydrogens is 405 g/mol. The van der Waals surface area contributed by atoms with Crippen molar-refractivity contribution in [2.45, 2.75) is 63.8 Å². The van der Waals surface area contributed by atoms with Crippen molar-refractivity contribution in [2.24, 2.45) is 5.92 Å². The fourth-order valence-electron chi connectivity index (χ4n) is 4.76. The van der Waals surface area contributed by atoms with E-state index >= 15 is 0 Å². The Morgan fingerprint density at radius 3 is 2.50 bits per heavy atom. The molecule has 0 unspecified atom stereocenters. The number of hydrogen-bond donors (Lipinski definition) is 1. The van der Waals surface area contributed by atoms with Gasteiger partial charge >= 0.3 is 0 Å². The molecule has 0 bridgehead atoms. The van der Waals surface area contributed by atoms with E-state index in [1.54, 1.807) is 22.8 Å². The Kier molecular flexibility index (Phi) is 5.77. The lowest BCUT2D eigenvalue weighted by Gasteiger charge is -2.20. The van der Waals surface area contributed by atoms with E-state index in [1.165, 1.54) is 31.4 Å². The molecule has 1 N–H and O–H groups in total. The molecule has 6 heteroatoms. The van der Waals surface area contributed by atoms with Gasteiger partial charge in [-0.3, -0.25) is 14.2 Å². The zero-order valence-corrected chi connectivity index (χ0v) is 18.1. The van der Waals surface area contributed by atoms with E-state index in [-0.39, 0.29) is 17.3 Å². The van der Waals surface area contributed by atoms with Crippen LogP contribution in [0.1, 0.15) is 68.7 Å². The minimum atomic E-state index is -0.297. The maximum Gasteiger partial charge on any atom is 0.261 e. The van der Waals surface area contributed by atoms with Gasteiger partial charge in [-0.25, -0.2) is 9.37 Å². The van der Waals surface area contributed by atoms with Crippen LogP contribution in [-0.4, -0.2) is 15.5 Å². The molecule has 2 aliphatic carbocycles. The van der Waals surface area contributed by atoms with Crippen LogP contribution < -0.4 is 10.9 Å². The quantitative estimate of drug-likeness (QED) is 0.568. The van der Waals surface area contributed by atoms with Gasteiger partial charge in [-0.2, -0.15) is 0 Å². The average molecular weight is 434 g/mol. The Bertz CT molecular complexity index is 1190. The summed E-state index contributed by atoms with van der Waals surface area (Å²) in [6.07, 6.45) is 8.50. The summed E-state index contributed by atoms with van der Waals surface area (Å²) in [6, 6.07) is 11.6. The third-order valence-corrected chi connectivity index (χ3v) is 6.66. The summed E-state index contributed by atoms with van der Waals surface area (Å²) in [5.74, 6) is 1.25. The van der Waals surface area contributed by atoms with Crippen molar-refractivity contribution < 1.29 is 9.18 Å². The topological polar surface area (TPSA) is 64.0 Å². The molecule has 0 aliphatic heterocycles. The zero-order valence-electron chi connectivity index (χ0n) is 18.1. The standard InChI is InChI=1S/C26H28FN3O2/c27-20-10-6-18(7-11-20)16-30-25(19-8-9-19)29-23-13-12-21(15-22(23)26(30)32)28-24(31)14-17-4-2-1-3-5-17/h6-7,10-13,15,17,19H,1-5,8-9,14,16H2,(H,28,31). The van der Waals surface area contributed by atoms with Crippen LogP contribution in [0.4, 0.5) is 10.1 Å². The lowest BCUT2D eigenvalue weighted by Crippen LogP contribution is -2.26. The number of halogens is 1. The largest absolute Gasteiger partial charge is 0.326 e. The van der Waals surface area contributed by atoms with Gasteiger partial charge in [0.15, 0.2) is 0 Å². The summed E-state index contributed by atoms with van der Waals surface area (Å²) >= 11 is 0. The number of nitrogens with zero attached hydrogens (tertiary/aromatic N) is 2. The first kappa shape index (κ1) is 20.9. The molecule has 1 amide bonds. The molecule has 2 aliphatic rings. The summed E-state index contributed by atoms with van der Waals surface area (Å²) in [5, 5.41) is 3.47. The summed E-state index contributed by atoms with van der Waals surface area (Å²) in [7, 11) is 0. The molecule has 5 rings (SSSR count). The van der Waals surface area contributed by atoms with Crippen LogP contribution in [0.25, 0.3) is 10.9 Å². The highest BCUT2D eigenvalue weighted by Gasteiger charge is 2.29. The Hall–Kier alpha value is -3.02. The Labute approximate surface area is 186 Å². The van der Waals surface area contributed by atoms with Crippen LogP contribution in [0.3, 0.4) is 0 Å². The van der Waals surface area contributed by atoms with E-state index < -0.39 is 0 Å². The van der Waals surface area contributed by atoms with Crippen molar-refractivity contribution >= 4 is 22.5 Å². The second-order valence-corrected chi connectivity index (χ2v) is 9.25. The van der Waals surface area contributed by atoms with Gasteiger partial charge in [-0.05, 0) is 67.5 Å². The monoisotopic (exact) mass is 433 g/mol. The van der Waals surface area contributed by atoms with Crippen molar-refractivity contribution in [3.8, 4) is 0 Å². The molecule has 32 heavy (non-hydrogen) atoms. The predicted molar refractivity (Wildman–Crippen MR) is 123 cm³/mol. The van der Waals surface area contributed by atoms with Crippen LogP contribution >= 0.6 is 0 Å². The van der Waals surface area contributed by atoms with E-state index in [0.29, 0.717) is 41.4 Å². The van der Waals surface area contributed by atoms with E-state index in [0.717, 1.165) is 37.1 Å². The maximum atomic E-state index is 13.4. The molecular formula is C26H28FN3O2. The van der Waals surface area contributed by atoms with Gasteiger partial charge in [0.1, 0.15) is 11.6 Å². The molecule has 2 saturated carbocycles. The van der Waals surface area contributed by atoms with Crippen molar-refractivity contribution in [3.05, 3.63) is 70.0 Å². The molecule has 0 saturated heterocycles. The van der Waals surface area contributed by atoms with Crippen molar-refractivity contribution in [1.29, 1.82) is 0 Å². The number of nitrogens with one attached hydrogen (secondary N) is 1. The van der Waals surface area contributed by atoms with Gasteiger partial charge in [0.2, 0.25) is 5.91 Å². The first-order valence-electron chi connectivity index (χ1n) is 11.7. The number of benzene rings is 2. The first-order chi connectivity index (χ1) is 15.6. The summed E-state index contributed by atoms with van der Waals surface area (Å²) in [5.41, 5.74) is 2.01. The number of fused-ring (bicyclic) bond motifs is 1. The highest BCUT2D eigenvalue weighted by atomic mass is 19.1. The molecule has 166 valence electrons. The normalized spacial score (nSPS) is 16.9. The molecule has 1 heterocycles. The fraction of sp³-hybridized carbons (Fsp3) is 0.423. The molecule has 2 aromatic carbocycles. The highest BCUT2D eigenvalue weighted by molar-refractivity contribution is 5.93. The number of rotatable bonds is 6. The maximum absolute atomic E-state index is 13.4. The SMILES string of the molecule is O=C(CC1CCCCC1)Nc1ccc2nc(C3CC3)n(Cc3ccc(F)cc3)c(=O)c2c1. The van der Waals surface area contributed by atoms with Crippen LogP contribution in [0.15, 0.2) is 47.3 Å². The van der Waals surface area contributed by atoms with Crippen LogP contribution in [-0.2, 0) is 11.3 Å². The summed E-state index contributed by atoms with van der Waals surface area (Å²) in [4.78, 5) is 30.8. The van der Waals surface area contributed by atoms with E-state index in [4.69, 9.17) is 4.98 Å². The zero-order chi connectivity index (χ0) is 22.1. The number of amides is 1. The molecule has 1 aromatic heterocycles. The lowest BCUT2D eigenvalue weighted by molar-refractivity contribution is -0.117. The third kappa shape index (κ3) is 4.59. The van der Waals surface area contributed by atoms with Gasteiger partial charge in [-0.1, -0.05) is 31.4 Å². The minimum absolute atomic E-state index is 0.00504. The number of anilines is 1. The Balaban J connectivity index is 1.43.